The van der Waals surface area contributed by atoms with E-state index < -0.39 is 0 Å². The zero-order valence-electron chi connectivity index (χ0n) is 11.7. The maximum atomic E-state index is 6.26. The van der Waals surface area contributed by atoms with Crippen LogP contribution in [0.1, 0.15) is 11.3 Å². The average Bonchev–Trinajstić information content (AvgIpc) is 2.77. The van der Waals surface area contributed by atoms with Crippen LogP contribution >= 0.6 is 23.2 Å². The standard InChI is InChI=1S/C16H14Cl2N2O/c1-10-5-12-6-14(21-2)8-19-16(12)20(10)9-11-3-4-13(17)7-15(11)18/h3-8H,9H2,1-2H3. The van der Waals surface area contributed by atoms with Crippen molar-refractivity contribution in [2.75, 3.05) is 7.11 Å². The highest BCUT2D eigenvalue weighted by atomic mass is 35.5. The van der Waals surface area contributed by atoms with E-state index in [4.69, 9.17) is 27.9 Å². The van der Waals surface area contributed by atoms with E-state index in [9.17, 15) is 0 Å². The molecule has 0 unspecified atom stereocenters. The van der Waals surface area contributed by atoms with Crippen molar-refractivity contribution in [3.05, 3.63) is 57.8 Å². The molecule has 2 heterocycles. The number of methoxy groups -OCH3 is 1. The van der Waals surface area contributed by atoms with Crippen molar-refractivity contribution in [1.29, 1.82) is 0 Å². The highest BCUT2D eigenvalue weighted by molar-refractivity contribution is 6.35. The van der Waals surface area contributed by atoms with Crippen LogP contribution in [0.25, 0.3) is 11.0 Å². The second-order valence-corrected chi connectivity index (χ2v) is 5.74. The van der Waals surface area contributed by atoms with E-state index >= 15 is 0 Å². The van der Waals surface area contributed by atoms with Crippen LogP contribution in [0.15, 0.2) is 36.5 Å². The fraction of sp³-hybridized carbons (Fsp3) is 0.188. The second kappa shape index (κ2) is 5.58. The number of rotatable bonds is 3. The maximum Gasteiger partial charge on any atom is 0.140 e. The third kappa shape index (κ3) is 2.71. The molecule has 0 aliphatic rings. The van der Waals surface area contributed by atoms with Crippen molar-refractivity contribution < 1.29 is 4.74 Å². The van der Waals surface area contributed by atoms with Crippen molar-refractivity contribution in [3.63, 3.8) is 0 Å². The molecule has 0 atom stereocenters. The summed E-state index contributed by atoms with van der Waals surface area (Å²) in [7, 11) is 1.64. The lowest BCUT2D eigenvalue weighted by molar-refractivity contribution is 0.413. The van der Waals surface area contributed by atoms with Gasteiger partial charge in [0, 0.05) is 21.1 Å². The first kappa shape index (κ1) is 14.2. The monoisotopic (exact) mass is 320 g/mol. The minimum Gasteiger partial charge on any atom is -0.495 e. The second-order valence-electron chi connectivity index (χ2n) is 4.90. The van der Waals surface area contributed by atoms with E-state index in [1.165, 1.54) is 0 Å². The quantitative estimate of drug-likeness (QED) is 0.698. The van der Waals surface area contributed by atoms with Gasteiger partial charge in [0.2, 0.25) is 0 Å². The number of fused-ring (bicyclic) bond motifs is 1. The highest BCUT2D eigenvalue weighted by Gasteiger charge is 2.10. The van der Waals surface area contributed by atoms with Gasteiger partial charge in [0.05, 0.1) is 19.9 Å². The molecule has 0 N–H and O–H groups in total. The largest absolute Gasteiger partial charge is 0.495 e. The molecule has 0 radical (unpaired) electrons. The van der Waals surface area contributed by atoms with E-state index in [2.05, 4.69) is 22.5 Å². The lowest BCUT2D eigenvalue weighted by atomic mass is 10.2. The summed E-state index contributed by atoms with van der Waals surface area (Å²) in [6.45, 7) is 2.71. The van der Waals surface area contributed by atoms with Crippen molar-refractivity contribution in [2.24, 2.45) is 0 Å². The lowest BCUT2D eigenvalue weighted by Crippen LogP contribution is -2.03. The normalized spacial score (nSPS) is 11.0. The highest BCUT2D eigenvalue weighted by Crippen LogP contribution is 2.26. The molecule has 21 heavy (non-hydrogen) atoms. The predicted octanol–water partition coefficient (Wildman–Crippen LogP) is 4.71. The van der Waals surface area contributed by atoms with Gasteiger partial charge in [0.1, 0.15) is 11.4 Å². The number of nitrogens with zero attached hydrogens (tertiary/aromatic N) is 2. The molecule has 0 amide bonds. The lowest BCUT2D eigenvalue weighted by Gasteiger charge is -2.10. The third-order valence-electron chi connectivity index (χ3n) is 3.50. The number of ether oxygens (including phenoxy) is 1. The summed E-state index contributed by atoms with van der Waals surface area (Å²) in [5.74, 6) is 0.754. The van der Waals surface area contributed by atoms with Gasteiger partial charge >= 0.3 is 0 Å². The number of hydrogen-bond acceptors (Lipinski definition) is 2. The van der Waals surface area contributed by atoms with Crippen LogP contribution in [-0.2, 0) is 6.54 Å². The molecule has 0 aliphatic heterocycles. The summed E-state index contributed by atoms with van der Waals surface area (Å²) in [5.41, 5.74) is 3.05. The molecule has 2 aromatic heterocycles. The smallest absolute Gasteiger partial charge is 0.140 e. The molecule has 3 rings (SSSR count). The summed E-state index contributed by atoms with van der Waals surface area (Å²) >= 11 is 12.2. The molecular weight excluding hydrogens is 307 g/mol. The zero-order chi connectivity index (χ0) is 15.0. The Labute approximate surface area is 133 Å². The van der Waals surface area contributed by atoms with Crippen LogP contribution in [0.5, 0.6) is 5.75 Å². The van der Waals surface area contributed by atoms with E-state index in [1.54, 1.807) is 19.4 Å². The maximum absolute atomic E-state index is 6.26. The number of halogens is 2. The Balaban J connectivity index is 2.06. The van der Waals surface area contributed by atoms with Crippen LogP contribution in [-0.4, -0.2) is 16.7 Å². The van der Waals surface area contributed by atoms with E-state index in [0.717, 1.165) is 28.0 Å². The van der Waals surface area contributed by atoms with Crippen molar-refractivity contribution in [2.45, 2.75) is 13.5 Å². The molecule has 0 saturated carbocycles. The van der Waals surface area contributed by atoms with Crippen molar-refractivity contribution >= 4 is 34.2 Å². The van der Waals surface area contributed by atoms with Gasteiger partial charge in [-0.25, -0.2) is 4.98 Å². The van der Waals surface area contributed by atoms with Gasteiger partial charge in [0.15, 0.2) is 0 Å². The molecule has 0 aliphatic carbocycles. The molecule has 5 heteroatoms. The van der Waals surface area contributed by atoms with Gasteiger partial charge in [-0.15, -0.1) is 0 Å². The Morgan fingerprint density at radius 3 is 2.71 bits per heavy atom. The van der Waals surface area contributed by atoms with E-state index in [-0.39, 0.29) is 0 Å². The first-order chi connectivity index (χ1) is 10.1. The van der Waals surface area contributed by atoms with Crippen LogP contribution < -0.4 is 4.74 Å². The number of pyridine rings is 1. The summed E-state index contributed by atoms with van der Waals surface area (Å²) in [4.78, 5) is 4.48. The Morgan fingerprint density at radius 2 is 2.00 bits per heavy atom. The van der Waals surface area contributed by atoms with Crippen molar-refractivity contribution in [3.8, 4) is 5.75 Å². The summed E-state index contributed by atoms with van der Waals surface area (Å²) in [6, 6.07) is 9.62. The number of aromatic nitrogens is 2. The fourth-order valence-corrected chi connectivity index (χ4v) is 2.86. The molecule has 0 bridgehead atoms. The summed E-state index contributed by atoms with van der Waals surface area (Å²) in [5, 5.41) is 2.36. The van der Waals surface area contributed by atoms with Gasteiger partial charge in [-0.3, -0.25) is 0 Å². The van der Waals surface area contributed by atoms with Gasteiger partial charge in [-0.2, -0.15) is 0 Å². The van der Waals surface area contributed by atoms with Gasteiger partial charge in [0.25, 0.3) is 0 Å². The number of aryl methyl sites for hydroxylation is 1. The first-order valence-corrected chi connectivity index (χ1v) is 7.28. The molecule has 0 saturated heterocycles. The SMILES string of the molecule is COc1cnc2c(c1)cc(C)n2Cc1ccc(Cl)cc1Cl. The Hall–Kier alpha value is -1.71. The Bertz CT molecular complexity index is 811. The van der Waals surface area contributed by atoms with Crippen LogP contribution in [0, 0.1) is 6.92 Å². The minimum absolute atomic E-state index is 0.640. The van der Waals surface area contributed by atoms with E-state index in [1.807, 2.05) is 18.2 Å². The third-order valence-corrected chi connectivity index (χ3v) is 4.08. The molecule has 0 fully saturated rings. The van der Waals surface area contributed by atoms with Gasteiger partial charge < -0.3 is 9.30 Å². The summed E-state index contributed by atoms with van der Waals surface area (Å²) in [6.07, 6.45) is 1.72. The average molecular weight is 321 g/mol. The van der Waals surface area contributed by atoms with Gasteiger partial charge in [-0.1, -0.05) is 29.3 Å². The summed E-state index contributed by atoms with van der Waals surface area (Å²) < 4.78 is 7.34. The topological polar surface area (TPSA) is 27.1 Å². The number of benzene rings is 1. The minimum atomic E-state index is 0.640. The van der Waals surface area contributed by atoms with E-state index in [0.29, 0.717) is 16.6 Å². The van der Waals surface area contributed by atoms with Crippen molar-refractivity contribution in [1.82, 2.24) is 9.55 Å². The van der Waals surface area contributed by atoms with Gasteiger partial charge in [-0.05, 0) is 36.8 Å². The van der Waals surface area contributed by atoms with Crippen LogP contribution in [0.4, 0.5) is 0 Å². The Kier molecular flexibility index (Phi) is 3.79. The molecule has 1 aromatic carbocycles. The fourth-order valence-electron chi connectivity index (χ4n) is 2.39. The molecule has 3 aromatic rings. The first-order valence-electron chi connectivity index (χ1n) is 6.52. The molecule has 108 valence electrons. The van der Waals surface area contributed by atoms with Crippen LogP contribution in [0.2, 0.25) is 10.0 Å². The Morgan fingerprint density at radius 1 is 1.19 bits per heavy atom. The molecule has 3 nitrogen and oxygen atoms in total. The van der Waals surface area contributed by atoms with Crippen LogP contribution in [0.3, 0.4) is 0 Å². The number of hydrogen-bond donors (Lipinski definition) is 0. The molecule has 0 spiro atoms. The molecular formula is C16H14Cl2N2O. The zero-order valence-corrected chi connectivity index (χ0v) is 13.2. The predicted molar refractivity (Wildman–Crippen MR) is 86.6 cm³/mol.